The van der Waals surface area contributed by atoms with E-state index in [-0.39, 0.29) is 6.08 Å². The average Bonchev–Trinajstić information content (AvgIpc) is 2.79. The van der Waals surface area contributed by atoms with Crippen LogP contribution in [0.15, 0.2) is 28.9 Å². The molecular weight excluding hydrogens is 275 g/mol. The number of aromatic nitrogens is 1. The van der Waals surface area contributed by atoms with Crippen molar-refractivity contribution in [3.8, 4) is 11.8 Å². The van der Waals surface area contributed by atoms with Gasteiger partial charge in [0.05, 0.1) is 10.7 Å². The van der Waals surface area contributed by atoms with Crippen molar-refractivity contribution in [2.75, 3.05) is 6.54 Å². The van der Waals surface area contributed by atoms with Gasteiger partial charge in [-0.3, -0.25) is 0 Å². The molecule has 0 aliphatic rings. The molecule has 18 heavy (non-hydrogen) atoms. The van der Waals surface area contributed by atoms with Crippen LogP contribution in [0.3, 0.4) is 0 Å². The highest BCUT2D eigenvalue weighted by molar-refractivity contribution is 6.34. The second kappa shape index (κ2) is 6.09. The smallest absolute Gasteiger partial charge is 0.399 e. The molecule has 0 unspecified atom stereocenters. The van der Waals surface area contributed by atoms with E-state index in [1.54, 1.807) is 18.2 Å². The molecule has 1 heterocycles. The molecular formula is C12H12Cl2N2O2. The summed E-state index contributed by atoms with van der Waals surface area (Å²) in [7, 11) is 0. The number of hydrogen-bond donors (Lipinski definition) is 1. The molecule has 6 heteroatoms. The van der Waals surface area contributed by atoms with Crippen LogP contribution in [0.4, 0.5) is 0 Å². The molecule has 1 aromatic heterocycles. The Balaban J connectivity index is 2.08. The molecule has 0 amide bonds. The van der Waals surface area contributed by atoms with Crippen molar-refractivity contribution in [3.05, 3.63) is 40.2 Å². The molecule has 0 atom stereocenters. The van der Waals surface area contributed by atoms with E-state index in [0.29, 0.717) is 22.3 Å². The van der Waals surface area contributed by atoms with Crippen molar-refractivity contribution < 1.29 is 9.15 Å². The highest BCUT2D eigenvalue weighted by atomic mass is 35.5. The zero-order valence-corrected chi connectivity index (χ0v) is 11.3. The molecule has 2 rings (SSSR count). The summed E-state index contributed by atoms with van der Waals surface area (Å²) < 4.78 is 10.6. The van der Waals surface area contributed by atoms with Crippen LogP contribution in [-0.2, 0) is 6.54 Å². The highest BCUT2D eigenvalue weighted by Gasteiger charge is 2.09. The Morgan fingerprint density at radius 1 is 1.39 bits per heavy atom. The van der Waals surface area contributed by atoms with Gasteiger partial charge in [-0.05, 0) is 18.7 Å². The number of ether oxygens (including phenoxy) is 1. The number of halogens is 2. The number of rotatable bonds is 5. The van der Waals surface area contributed by atoms with Gasteiger partial charge in [-0.15, -0.1) is 0 Å². The van der Waals surface area contributed by atoms with Crippen LogP contribution in [0, 0.1) is 0 Å². The summed E-state index contributed by atoms with van der Waals surface area (Å²) in [4.78, 5) is 4.16. The molecule has 0 radical (unpaired) electrons. The van der Waals surface area contributed by atoms with Crippen LogP contribution in [-0.4, -0.2) is 11.5 Å². The second-order valence-electron chi connectivity index (χ2n) is 3.56. The van der Waals surface area contributed by atoms with E-state index in [0.717, 1.165) is 12.2 Å². The van der Waals surface area contributed by atoms with Crippen LogP contribution in [0.25, 0.3) is 0 Å². The van der Waals surface area contributed by atoms with Crippen molar-refractivity contribution in [2.45, 2.75) is 13.5 Å². The minimum atomic E-state index is 0.145. The van der Waals surface area contributed by atoms with E-state index in [2.05, 4.69) is 10.3 Å². The quantitative estimate of drug-likeness (QED) is 0.906. The summed E-state index contributed by atoms with van der Waals surface area (Å²) in [5.41, 5.74) is 0.769. The monoisotopic (exact) mass is 286 g/mol. The van der Waals surface area contributed by atoms with Gasteiger partial charge in [-0.1, -0.05) is 30.1 Å². The van der Waals surface area contributed by atoms with Gasteiger partial charge in [-0.25, -0.2) is 0 Å². The lowest BCUT2D eigenvalue weighted by atomic mass is 10.3. The first-order valence-corrected chi connectivity index (χ1v) is 6.22. The van der Waals surface area contributed by atoms with Gasteiger partial charge >= 0.3 is 6.08 Å². The van der Waals surface area contributed by atoms with Crippen LogP contribution in [0.5, 0.6) is 11.8 Å². The Kier molecular flexibility index (Phi) is 4.47. The molecule has 2 aromatic rings. The number of hydrogen-bond acceptors (Lipinski definition) is 4. The Labute approximate surface area is 115 Å². The number of oxazole rings is 1. The van der Waals surface area contributed by atoms with Gasteiger partial charge in [-0.2, -0.15) is 4.98 Å². The maximum atomic E-state index is 5.97. The third-order valence-electron chi connectivity index (χ3n) is 2.18. The van der Waals surface area contributed by atoms with Gasteiger partial charge in [0.1, 0.15) is 6.26 Å². The van der Waals surface area contributed by atoms with Gasteiger partial charge in [0, 0.05) is 17.6 Å². The van der Waals surface area contributed by atoms with E-state index < -0.39 is 0 Å². The molecule has 0 saturated heterocycles. The summed E-state index contributed by atoms with van der Waals surface area (Å²) in [6.45, 7) is 3.51. The van der Waals surface area contributed by atoms with Gasteiger partial charge in [0.2, 0.25) is 0 Å². The summed E-state index contributed by atoms with van der Waals surface area (Å²) in [6, 6.07) is 4.95. The Morgan fingerprint density at radius 2 is 2.22 bits per heavy atom. The molecule has 4 nitrogen and oxygen atoms in total. The van der Waals surface area contributed by atoms with Crippen molar-refractivity contribution in [3.63, 3.8) is 0 Å². The molecule has 0 bridgehead atoms. The minimum absolute atomic E-state index is 0.145. The SMILES string of the molecule is CCNCc1coc(Oc2cc(Cl)ccc2Cl)n1. The molecule has 0 fully saturated rings. The molecule has 96 valence electrons. The lowest BCUT2D eigenvalue weighted by Crippen LogP contribution is -2.11. The fraction of sp³-hybridized carbons (Fsp3) is 0.250. The standard InChI is InChI=1S/C12H12Cl2N2O2/c1-2-15-6-9-7-17-12(16-9)18-11-5-8(13)3-4-10(11)14/h3-5,7,15H,2,6H2,1H3. The first-order valence-electron chi connectivity index (χ1n) is 5.47. The van der Waals surface area contributed by atoms with E-state index in [1.807, 2.05) is 6.92 Å². The third kappa shape index (κ3) is 3.38. The summed E-state index contributed by atoms with van der Waals surface area (Å²) in [6.07, 6.45) is 1.68. The molecule has 0 aliphatic carbocycles. The Morgan fingerprint density at radius 3 is 3.00 bits per heavy atom. The van der Waals surface area contributed by atoms with Crippen LogP contribution >= 0.6 is 23.2 Å². The highest BCUT2D eigenvalue weighted by Crippen LogP contribution is 2.31. The fourth-order valence-electron chi connectivity index (χ4n) is 1.32. The first kappa shape index (κ1) is 13.2. The van der Waals surface area contributed by atoms with Crippen LogP contribution in [0.1, 0.15) is 12.6 Å². The van der Waals surface area contributed by atoms with E-state index in [9.17, 15) is 0 Å². The largest absolute Gasteiger partial charge is 0.417 e. The van der Waals surface area contributed by atoms with Gasteiger partial charge < -0.3 is 14.5 Å². The van der Waals surface area contributed by atoms with Gasteiger partial charge in [0.15, 0.2) is 5.75 Å². The van der Waals surface area contributed by atoms with Crippen molar-refractivity contribution in [1.29, 1.82) is 0 Å². The lowest BCUT2D eigenvalue weighted by Gasteiger charge is -2.03. The van der Waals surface area contributed by atoms with Crippen molar-refractivity contribution in [1.82, 2.24) is 10.3 Å². The molecule has 1 N–H and O–H groups in total. The summed E-state index contributed by atoms with van der Waals surface area (Å²) >= 11 is 11.8. The average molecular weight is 287 g/mol. The van der Waals surface area contributed by atoms with Crippen LogP contribution < -0.4 is 10.1 Å². The Hall–Kier alpha value is -1.23. The fourth-order valence-corrected chi connectivity index (χ4v) is 1.64. The lowest BCUT2D eigenvalue weighted by molar-refractivity contribution is 0.331. The van der Waals surface area contributed by atoms with Crippen molar-refractivity contribution >= 4 is 23.2 Å². The molecule has 0 saturated carbocycles. The predicted molar refractivity (Wildman–Crippen MR) is 70.4 cm³/mol. The molecule has 1 aromatic carbocycles. The summed E-state index contributed by atoms with van der Waals surface area (Å²) in [5.74, 6) is 0.418. The molecule has 0 spiro atoms. The van der Waals surface area contributed by atoms with E-state index in [4.69, 9.17) is 32.4 Å². The maximum absolute atomic E-state index is 5.97. The van der Waals surface area contributed by atoms with Crippen molar-refractivity contribution in [2.24, 2.45) is 0 Å². The zero-order chi connectivity index (χ0) is 13.0. The summed E-state index contributed by atoms with van der Waals surface area (Å²) in [5, 5.41) is 4.12. The first-order chi connectivity index (χ1) is 8.69. The minimum Gasteiger partial charge on any atom is -0.417 e. The second-order valence-corrected chi connectivity index (χ2v) is 4.41. The molecule has 0 aliphatic heterocycles. The third-order valence-corrected chi connectivity index (χ3v) is 2.72. The number of nitrogens with zero attached hydrogens (tertiary/aromatic N) is 1. The topological polar surface area (TPSA) is 47.3 Å². The van der Waals surface area contributed by atoms with E-state index >= 15 is 0 Å². The Bertz CT molecular complexity index is 529. The normalized spacial score (nSPS) is 10.6. The predicted octanol–water partition coefficient (Wildman–Crippen LogP) is 3.88. The van der Waals surface area contributed by atoms with Crippen LogP contribution in [0.2, 0.25) is 10.0 Å². The zero-order valence-electron chi connectivity index (χ0n) is 9.74. The number of benzene rings is 1. The maximum Gasteiger partial charge on any atom is 0.399 e. The van der Waals surface area contributed by atoms with E-state index in [1.165, 1.54) is 6.26 Å². The van der Waals surface area contributed by atoms with Gasteiger partial charge in [0.25, 0.3) is 0 Å². The number of nitrogens with one attached hydrogen (secondary N) is 1.